The maximum Gasteiger partial charge on any atom is 0.267 e. The van der Waals surface area contributed by atoms with Crippen molar-refractivity contribution in [3.05, 3.63) is 41.7 Å². The van der Waals surface area contributed by atoms with Crippen LogP contribution >= 0.6 is 0 Å². The molecule has 0 bridgehead atoms. The summed E-state index contributed by atoms with van der Waals surface area (Å²) in [5, 5.41) is 6.38. The van der Waals surface area contributed by atoms with E-state index in [-0.39, 0.29) is 5.91 Å². The fourth-order valence-electron chi connectivity index (χ4n) is 1.96. The molecule has 18 heavy (non-hydrogen) atoms. The first kappa shape index (κ1) is 10.8. The monoisotopic (exact) mass is 244 g/mol. The van der Waals surface area contributed by atoms with Gasteiger partial charge >= 0.3 is 0 Å². The number of fused-ring (bicyclic) bond motifs is 1. The maximum atomic E-state index is 12.0. The minimum atomic E-state index is -0.501. The van der Waals surface area contributed by atoms with Crippen LogP contribution < -0.4 is 10.1 Å². The van der Waals surface area contributed by atoms with E-state index in [2.05, 4.69) is 10.5 Å². The van der Waals surface area contributed by atoms with Crippen molar-refractivity contribution in [1.29, 1.82) is 0 Å². The molecule has 3 rings (SSSR count). The van der Waals surface area contributed by atoms with Gasteiger partial charge in [0.2, 0.25) is 0 Å². The van der Waals surface area contributed by atoms with Crippen LogP contribution in [0, 0.1) is 6.92 Å². The first-order valence-electron chi connectivity index (χ1n) is 5.71. The number of benzene rings is 1. The Bertz CT molecular complexity index is 566. The smallest absolute Gasteiger partial charge is 0.267 e. The molecule has 0 saturated heterocycles. The lowest BCUT2D eigenvalue weighted by molar-refractivity contribution is -0.122. The van der Waals surface area contributed by atoms with E-state index < -0.39 is 6.10 Å². The number of carbonyl (C=O) groups is 1. The average molecular weight is 244 g/mol. The van der Waals surface area contributed by atoms with E-state index in [1.165, 1.54) is 0 Å². The Morgan fingerprint density at radius 2 is 2.28 bits per heavy atom. The number of rotatable bonds is 2. The molecule has 92 valence electrons. The lowest BCUT2D eigenvalue weighted by Gasteiger charge is -2.08. The number of aryl methyl sites for hydroxylation is 1. The molecular weight excluding hydrogens is 232 g/mol. The lowest BCUT2D eigenvalue weighted by atomic mass is 10.1. The van der Waals surface area contributed by atoms with Gasteiger partial charge in [0.25, 0.3) is 5.91 Å². The van der Waals surface area contributed by atoms with Crippen molar-refractivity contribution in [2.24, 2.45) is 0 Å². The molecule has 1 aromatic carbocycles. The van der Waals surface area contributed by atoms with E-state index in [4.69, 9.17) is 9.26 Å². The van der Waals surface area contributed by atoms with E-state index in [1.54, 1.807) is 13.0 Å². The lowest BCUT2D eigenvalue weighted by Crippen LogP contribution is -2.31. The van der Waals surface area contributed by atoms with Crippen molar-refractivity contribution in [1.82, 2.24) is 5.16 Å². The van der Waals surface area contributed by atoms with Crippen LogP contribution in [0.3, 0.4) is 0 Å². The van der Waals surface area contributed by atoms with E-state index in [0.29, 0.717) is 18.0 Å². The van der Waals surface area contributed by atoms with Gasteiger partial charge in [0.15, 0.2) is 11.9 Å². The quantitative estimate of drug-likeness (QED) is 0.876. The van der Waals surface area contributed by atoms with Crippen LogP contribution in [0.15, 0.2) is 34.9 Å². The Hall–Kier alpha value is -2.30. The van der Waals surface area contributed by atoms with Gasteiger partial charge < -0.3 is 14.6 Å². The Balaban J connectivity index is 1.69. The molecule has 5 nitrogen and oxygen atoms in total. The highest BCUT2D eigenvalue weighted by atomic mass is 16.5. The molecule has 2 aromatic rings. The standard InChI is InChI=1S/C13H12N2O3/c1-8-6-12(15-18-8)14-13(16)11-7-9-4-2-3-5-10(9)17-11/h2-6,11H,7H2,1H3,(H,14,15,16)/t11-/m0/s1. The van der Waals surface area contributed by atoms with Gasteiger partial charge in [0, 0.05) is 12.5 Å². The zero-order chi connectivity index (χ0) is 12.5. The van der Waals surface area contributed by atoms with Crippen LogP contribution in [0.25, 0.3) is 0 Å². The largest absolute Gasteiger partial charge is 0.480 e. The molecule has 0 unspecified atom stereocenters. The van der Waals surface area contributed by atoms with Gasteiger partial charge in [-0.2, -0.15) is 0 Å². The Morgan fingerprint density at radius 3 is 3.00 bits per heavy atom. The molecule has 0 radical (unpaired) electrons. The summed E-state index contributed by atoms with van der Waals surface area (Å²) >= 11 is 0. The number of hydrogen-bond acceptors (Lipinski definition) is 4. The average Bonchev–Trinajstić information content (AvgIpc) is 2.95. The SMILES string of the molecule is Cc1cc(NC(=O)[C@@H]2Cc3ccccc3O2)no1. The molecule has 5 heteroatoms. The van der Waals surface area contributed by atoms with E-state index in [9.17, 15) is 4.79 Å². The summed E-state index contributed by atoms with van der Waals surface area (Å²) in [6.45, 7) is 1.77. The van der Waals surface area contributed by atoms with Gasteiger partial charge in [-0.1, -0.05) is 23.4 Å². The number of hydrogen-bond donors (Lipinski definition) is 1. The predicted molar refractivity (Wildman–Crippen MR) is 64.4 cm³/mol. The topological polar surface area (TPSA) is 64.4 Å². The second-order valence-electron chi connectivity index (χ2n) is 4.23. The fraction of sp³-hybridized carbons (Fsp3) is 0.231. The molecular formula is C13H12N2O3. The van der Waals surface area contributed by atoms with Crippen LogP contribution in [0.2, 0.25) is 0 Å². The van der Waals surface area contributed by atoms with Crippen molar-refractivity contribution in [3.63, 3.8) is 0 Å². The van der Waals surface area contributed by atoms with Crippen LogP contribution in [0.4, 0.5) is 5.82 Å². The molecule has 0 fully saturated rings. The van der Waals surface area contributed by atoms with E-state index in [1.807, 2.05) is 24.3 Å². The number of nitrogens with zero attached hydrogens (tertiary/aromatic N) is 1. The molecule has 1 aliphatic heterocycles. The first-order valence-corrected chi connectivity index (χ1v) is 5.71. The summed E-state index contributed by atoms with van der Waals surface area (Å²) in [6.07, 6.45) is 0.0816. The second kappa shape index (κ2) is 4.18. The van der Waals surface area contributed by atoms with Gasteiger partial charge in [-0.3, -0.25) is 4.79 Å². The maximum absolute atomic E-state index is 12.0. The molecule has 0 spiro atoms. The molecule has 2 heterocycles. The Kier molecular flexibility index (Phi) is 2.51. The number of carbonyl (C=O) groups excluding carboxylic acids is 1. The number of ether oxygens (including phenoxy) is 1. The zero-order valence-corrected chi connectivity index (χ0v) is 9.84. The van der Waals surface area contributed by atoms with Crippen molar-refractivity contribution in [2.75, 3.05) is 5.32 Å². The number of nitrogens with one attached hydrogen (secondary N) is 1. The first-order chi connectivity index (χ1) is 8.72. The van der Waals surface area contributed by atoms with Crippen LogP contribution in [0.1, 0.15) is 11.3 Å². The van der Waals surface area contributed by atoms with Crippen molar-refractivity contribution in [2.45, 2.75) is 19.4 Å². The highest BCUT2D eigenvalue weighted by molar-refractivity contribution is 5.94. The third-order valence-corrected chi connectivity index (χ3v) is 2.82. The highest BCUT2D eigenvalue weighted by Crippen LogP contribution is 2.28. The summed E-state index contributed by atoms with van der Waals surface area (Å²) in [4.78, 5) is 12.0. The zero-order valence-electron chi connectivity index (χ0n) is 9.84. The third-order valence-electron chi connectivity index (χ3n) is 2.82. The van der Waals surface area contributed by atoms with Gasteiger partial charge in [-0.25, -0.2) is 0 Å². The molecule has 1 N–H and O–H groups in total. The number of anilines is 1. The van der Waals surface area contributed by atoms with E-state index in [0.717, 1.165) is 11.3 Å². The van der Waals surface area contributed by atoms with Crippen molar-refractivity contribution >= 4 is 11.7 Å². The fourth-order valence-corrected chi connectivity index (χ4v) is 1.96. The van der Waals surface area contributed by atoms with Crippen molar-refractivity contribution in [3.8, 4) is 5.75 Å². The minimum Gasteiger partial charge on any atom is -0.480 e. The normalized spacial score (nSPS) is 17.1. The summed E-state index contributed by atoms with van der Waals surface area (Å²) in [7, 11) is 0. The van der Waals surface area contributed by atoms with Crippen LogP contribution in [0.5, 0.6) is 5.75 Å². The minimum absolute atomic E-state index is 0.209. The number of amides is 1. The van der Waals surface area contributed by atoms with E-state index >= 15 is 0 Å². The van der Waals surface area contributed by atoms with Gasteiger partial charge in [0.05, 0.1) is 0 Å². The summed E-state index contributed by atoms with van der Waals surface area (Å²) in [5.41, 5.74) is 1.05. The summed E-state index contributed by atoms with van der Waals surface area (Å²) in [6, 6.07) is 9.31. The van der Waals surface area contributed by atoms with Gasteiger partial charge in [-0.05, 0) is 18.6 Å². The molecule has 1 aromatic heterocycles. The Morgan fingerprint density at radius 1 is 1.44 bits per heavy atom. The van der Waals surface area contributed by atoms with Gasteiger partial charge in [0.1, 0.15) is 11.5 Å². The molecule has 1 aliphatic rings. The van der Waals surface area contributed by atoms with Crippen molar-refractivity contribution < 1.29 is 14.1 Å². The van der Waals surface area contributed by atoms with Gasteiger partial charge in [-0.15, -0.1) is 0 Å². The van der Waals surface area contributed by atoms with Crippen LogP contribution in [-0.2, 0) is 11.2 Å². The summed E-state index contributed by atoms with van der Waals surface area (Å²) < 4.78 is 10.5. The highest BCUT2D eigenvalue weighted by Gasteiger charge is 2.29. The molecule has 1 amide bonds. The molecule has 0 aliphatic carbocycles. The number of aromatic nitrogens is 1. The summed E-state index contributed by atoms with van der Waals surface area (Å²) in [5.74, 6) is 1.63. The molecule has 0 saturated carbocycles. The predicted octanol–water partition coefficient (Wildman–Crippen LogP) is 1.93. The third kappa shape index (κ3) is 1.95. The molecule has 1 atom stereocenters. The second-order valence-corrected chi connectivity index (χ2v) is 4.23. The Labute approximate surface area is 104 Å². The van der Waals surface area contributed by atoms with Crippen LogP contribution in [-0.4, -0.2) is 17.2 Å². The number of para-hydroxylation sites is 1.